The van der Waals surface area contributed by atoms with E-state index in [0.717, 1.165) is 0 Å². The number of carbonyl (C=O) groups excluding carboxylic acids is 1. The fourth-order valence-electron chi connectivity index (χ4n) is 1.80. The van der Waals surface area contributed by atoms with Gasteiger partial charge in [0.05, 0.1) is 0 Å². The highest BCUT2D eigenvalue weighted by Gasteiger charge is 2.34. The summed E-state index contributed by atoms with van der Waals surface area (Å²) in [6.07, 6.45) is 0.518. The molecule has 2 rings (SSSR count). The van der Waals surface area contributed by atoms with Crippen LogP contribution in [0.1, 0.15) is 17.4 Å². The number of thiocarbonyl (C=S) groups is 1. The third-order valence-corrected chi connectivity index (χ3v) is 3.36. The number of fused-ring (bicyclic) bond motifs is 1. The molecule has 6 nitrogen and oxygen atoms in total. The number of nitrogens with zero attached hydrogens (tertiary/aromatic N) is 4. The summed E-state index contributed by atoms with van der Waals surface area (Å²) >= 11 is 5.26. The number of allylic oxidation sites excluding steroid dienone is 1. The molecule has 0 saturated heterocycles. The molecule has 1 aromatic rings. The first-order chi connectivity index (χ1) is 8.36. The van der Waals surface area contributed by atoms with Gasteiger partial charge in [-0.25, -0.2) is 4.98 Å². The van der Waals surface area contributed by atoms with Crippen molar-refractivity contribution < 1.29 is 9.90 Å². The molecule has 0 saturated carbocycles. The molecule has 1 atom stereocenters. The first kappa shape index (κ1) is 12.7. The summed E-state index contributed by atoms with van der Waals surface area (Å²) in [6.45, 7) is 5.25. The van der Waals surface area contributed by atoms with E-state index in [0.29, 0.717) is 22.1 Å². The molecule has 7 heteroatoms. The summed E-state index contributed by atoms with van der Waals surface area (Å²) < 4.78 is 1.36. The number of aliphatic hydroxyl groups is 1. The number of carbonyl (C=O) groups is 1. The molecular formula is C11H14N4O2S. The molecule has 96 valence electrons. The molecule has 0 radical (unpaired) electrons. The fourth-order valence-corrected chi connectivity index (χ4v) is 2.08. The van der Waals surface area contributed by atoms with Crippen LogP contribution in [0.25, 0.3) is 0 Å². The molecule has 0 spiro atoms. The van der Waals surface area contributed by atoms with Crippen LogP contribution in [0.15, 0.2) is 18.5 Å². The summed E-state index contributed by atoms with van der Waals surface area (Å²) in [5, 5.41) is 9.93. The third-order valence-electron chi connectivity index (χ3n) is 2.88. The second-order valence-corrected chi connectivity index (χ2v) is 4.63. The summed E-state index contributed by atoms with van der Waals surface area (Å²) in [4.78, 5) is 19.5. The number of aliphatic hydroxyl groups excluding tert-OH is 1. The van der Waals surface area contributed by atoms with Crippen LogP contribution in [-0.4, -0.2) is 50.9 Å². The minimum Gasteiger partial charge on any atom is -0.356 e. The zero-order chi connectivity index (χ0) is 13.6. The van der Waals surface area contributed by atoms with Gasteiger partial charge in [0.25, 0.3) is 5.91 Å². The summed E-state index contributed by atoms with van der Waals surface area (Å²) in [7, 11) is 3.35. The van der Waals surface area contributed by atoms with Crippen molar-refractivity contribution in [3.05, 3.63) is 24.2 Å². The zero-order valence-corrected chi connectivity index (χ0v) is 11.2. The van der Waals surface area contributed by atoms with Gasteiger partial charge in [-0.15, -0.1) is 0 Å². The standard InChI is InChI=1S/C11H14N4O2S/c1-6(2)9(16)15-5-12-8-7(15)10(18)14(4)11(17)13(8)3/h5,11,17H,1H2,2-4H3. The highest BCUT2D eigenvalue weighted by atomic mass is 32.1. The summed E-state index contributed by atoms with van der Waals surface area (Å²) in [5.41, 5.74) is 0.905. The average molecular weight is 266 g/mol. The fraction of sp³-hybridized carbons (Fsp3) is 0.364. The van der Waals surface area contributed by atoms with Crippen molar-refractivity contribution in [3.63, 3.8) is 0 Å². The lowest BCUT2D eigenvalue weighted by Crippen LogP contribution is -2.52. The van der Waals surface area contributed by atoms with Crippen LogP contribution in [0.4, 0.5) is 5.82 Å². The minimum absolute atomic E-state index is 0.260. The van der Waals surface area contributed by atoms with Gasteiger partial charge < -0.3 is 14.9 Å². The molecule has 0 fully saturated rings. The van der Waals surface area contributed by atoms with Crippen LogP contribution >= 0.6 is 12.2 Å². The van der Waals surface area contributed by atoms with E-state index in [2.05, 4.69) is 11.6 Å². The Balaban J connectivity index is 2.59. The van der Waals surface area contributed by atoms with Crippen molar-refractivity contribution in [1.82, 2.24) is 14.5 Å². The zero-order valence-electron chi connectivity index (χ0n) is 10.4. The van der Waals surface area contributed by atoms with Crippen molar-refractivity contribution in [2.75, 3.05) is 19.0 Å². The Kier molecular flexibility index (Phi) is 2.95. The first-order valence-electron chi connectivity index (χ1n) is 5.32. The largest absolute Gasteiger partial charge is 0.356 e. The number of rotatable bonds is 1. The Morgan fingerprint density at radius 3 is 2.67 bits per heavy atom. The molecule has 0 amide bonds. The van der Waals surface area contributed by atoms with Crippen molar-refractivity contribution >= 4 is 28.9 Å². The molecule has 2 heterocycles. The lowest BCUT2D eigenvalue weighted by Gasteiger charge is -2.38. The van der Waals surface area contributed by atoms with Gasteiger partial charge in [0.1, 0.15) is 17.0 Å². The van der Waals surface area contributed by atoms with Crippen LogP contribution < -0.4 is 4.90 Å². The van der Waals surface area contributed by atoms with E-state index in [1.165, 1.54) is 15.8 Å². The van der Waals surface area contributed by atoms with E-state index in [1.807, 2.05) is 0 Å². The van der Waals surface area contributed by atoms with Gasteiger partial charge in [0.2, 0.25) is 6.35 Å². The topological polar surface area (TPSA) is 61.6 Å². The van der Waals surface area contributed by atoms with E-state index in [1.54, 1.807) is 25.9 Å². The maximum atomic E-state index is 12.0. The second-order valence-electron chi connectivity index (χ2n) is 4.25. The third kappa shape index (κ3) is 1.63. The Morgan fingerprint density at radius 2 is 2.11 bits per heavy atom. The quantitative estimate of drug-likeness (QED) is 0.587. The van der Waals surface area contributed by atoms with Crippen LogP contribution in [0.2, 0.25) is 0 Å². The molecule has 0 bridgehead atoms. The van der Waals surface area contributed by atoms with E-state index in [4.69, 9.17) is 12.2 Å². The van der Waals surface area contributed by atoms with Crippen LogP contribution in [0, 0.1) is 0 Å². The van der Waals surface area contributed by atoms with Gasteiger partial charge in [-0.05, 0) is 6.92 Å². The summed E-state index contributed by atoms with van der Waals surface area (Å²) in [6, 6.07) is 0. The molecular weight excluding hydrogens is 252 g/mol. The number of aromatic nitrogens is 2. The molecule has 1 aromatic heterocycles. The molecule has 1 aliphatic heterocycles. The average Bonchev–Trinajstić information content (AvgIpc) is 2.77. The van der Waals surface area contributed by atoms with E-state index < -0.39 is 6.35 Å². The van der Waals surface area contributed by atoms with E-state index in [-0.39, 0.29) is 5.91 Å². The molecule has 0 aliphatic carbocycles. The second kappa shape index (κ2) is 4.18. The van der Waals surface area contributed by atoms with Crippen molar-refractivity contribution in [1.29, 1.82) is 0 Å². The van der Waals surface area contributed by atoms with Gasteiger partial charge in [-0.3, -0.25) is 9.36 Å². The lowest BCUT2D eigenvalue weighted by atomic mass is 10.2. The van der Waals surface area contributed by atoms with Crippen LogP contribution in [0.5, 0.6) is 0 Å². The summed E-state index contributed by atoms with van der Waals surface area (Å²) in [5.74, 6) is 0.226. The van der Waals surface area contributed by atoms with Gasteiger partial charge >= 0.3 is 0 Å². The number of hydrogen-bond acceptors (Lipinski definition) is 5. The maximum Gasteiger partial charge on any atom is 0.258 e. The molecule has 18 heavy (non-hydrogen) atoms. The number of anilines is 1. The van der Waals surface area contributed by atoms with Crippen molar-refractivity contribution in [2.24, 2.45) is 0 Å². The highest BCUT2D eigenvalue weighted by molar-refractivity contribution is 7.80. The van der Waals surface area contributed by atoms with Gasteiger partial charge in [-0.2, -0.15) is 0 Å². The van der Waals surface area contributed by atoms with Crippen LogP contribution in [-0.2, 0) is 0 Å². The molecule has 0 aromatic carbocycles. The Hall–Kier alpha value is -1.73. The Morgan fingerprint density at radius 1 is 1.50 bits per heavy atom. The first-order valence-corrected chi connectivity index (χ1v) is 5.72. The highest BCUT2D eigenvalue weighted by Crippen LogP contribution is 2.27. The van der Waals surface area contributed by atoms with Crippen molar-refractivity contribution in [3.8, 4) is 0 Å². The van der Waals surface area contributed by atoms with Crippen LogP contribution in [0.3, 0.4) is 0 Å². The molecule has 1 unspecified atom stereocenters. The predicted molar refractivity (Wildman–Crippen MR) is 71.5 cm³/mol. The monoisotopic (exact) mass is 266 g/mol. The maximum absolute atomic E-state index is 12.0. The van der Waals surface area contributed by atoms with Gasteiger partial charge in [-0.1, -0.05) is 18.8 Å². The molecule has 1 N–H and O–H groups in total. The smallest absolute Gasteiger partial charge is 0.258 e. The number of imidazole rings is 1. The normalized spacial score (nSPS) is 18.9. The SMILES string of the molecule is C=C(C)C(=O)n1cnc2c1C(=S)N(C)C(O)N2C. The Bertz CT molecular complexity index is 551. The van der Waals surface area contributed by atoms with E-state index in [9.17, 15) is 9.90 Å². The minimum atomic E-state index is -0.881. The molecule has 1 aliphatic rings. The van der Waals surface area contributed by atoms with Crippen molar-refractivity contribution in [2.45, 2.75) is 13.3 Å². The number of hydrogen-bond donors (Lipinski definition) is 1. The predicted octanol–water partition coefficient (Wildman–Crippen LogP) is 0.432. The van der Waals surface area contributed by atoms with Gasteiger partial charge in [0, 0.05) is 19.7 Å². The lowest BCUT2D eigenvalue weighted by molar-refractivity contribution is 0.0680. The van der Waals surface area contributed by atoms with Gasteiger partial charge in [0.15, 0.2) is 5.82 Å². The Labute approximate surface area is 110 Å². The van der Waals surface area contributed by atoms with E-state index >= 15 is 0 Å².